The van der Waals surface area contributed by atoms with Crippen LogP contribution in [0.2, 0.25) is 0 Å². The van der Waals surface area contributed by atoms with Crippen molar-refractivity contribution < 1.29 is 23.5 Å². The maximum atomic E-state index is 12.8. The number of rotatable bonds is 5. The van der Waals surface area contributed by atoms with Crippen molar-refractivity contribution in [3.63, 3.8) is 0 Å². The molecular weight excluding hydrogens is 253 g/mol. The fraction of sp³-hybridized carbons (Fsp3) is 0.385. The summed E-state index contributed by atoms with van der Waals surface area (Å²) in [4.78, 5) is 23.1. The van der Waals surface area contributed by atoms with Crippen LogP contribution in [0.1, 0.15) is 12.5 Å². The van der Waals surface area contributed by atoms with Crippen molar-refractivity contribution in [2.45, 2.75) is 19.1 Å². The van der Waals surface area contributed by atoms with E-state index in [0.717, 1.165) is 0 Å². The molecule has 0 aliphatic rings. The number of carbonyl (C=O) groups excluding carboxylic acids is 2. The summed E-state index contributed by atoms with van der Waals surface area (Å²) >= 11 is 0. The Kier molecular flexibility index (Phi) is 5.00. The molecule has 0 aliphatic carbocycles. The van der Waals surface area contributed by atoms with Gasteiger partial charge in [-0.05, 0) is 17.7 Å². The van der Waals surface area contributed by atoms with Crippen molar-refractivity contribution in [1.82, 2.24) is 5.32 Å². The number of amides is 1. The summed E-state index contributed by atoms with van der Waals surface area (Å²) in [6.07, 6.45) is 0.0377. The number of hydrogen-bond acceptors (Lipinski definition) is 4. The quantitative estimate of drug-likeness (QED) is 0.640. The van der Waals surface area contributed by atoms with Crippen LogP contribution in [0, 0.1) is 5.82 Å². The van der Waals surface area contributed by atoms with Gasteiger partial charge in [0.25, 0.3) is 0 Å². The van der Waals surface area contributed by atoms with Crippen LogP contribution in [0.5, 0.6) is 0 Å². The summed E-state index contributed by atoms with van der Waals surface area (Å²) in [5, 5.41) is 2.43. The second-order valence-corrected chi connectivity index (χ2v) is 4.01. The molecule has 1 rings (SSSR count). The van der Waals surface area contributed by atoms with E-state index in [2.05, 4.69) is 10.1 Å². The molecule has 0 spiro atoms. The van der Waals surface area contributed by atoms with Crippen molar-refractivity contribution in [2.75, 3.05) is 14.2 Å². The first kappa shape index (κ1) is 15.1. The third-order valence-corrected chi connectivity index (χ3v) is 2.61. The molecule has 0 aromatic heterocycles. The van der Waals surface area contributed by atoms with E-state index >= 15 is 0 Å². The summed E-state index contributed by atoms with van der Waals surface area (Å²) in [7, 11) is 2.49. The lowest BCUT2D eigenvalue weighted by Gasteiger charge is -2.30. The van der Waals surface area contributed by atoms with Crippen LogP contribution >= 0.6 is 0 Å². The molecule has 0 fully saturated rings. The van der Waals surface area contributed by atoms with Gasteiger partial charge in [-0.1, -0.05) is 12.1 Å². The van der Waals surface area contributed by atoms with Crippen molar-refractivity contribution >= 4 is 11.9 Å². The molecule has 1 unspecified atom stereocenters. The van der Waals surface area contributed by atoms with E-state index < -0.39 is 17.6 Å². The van der Waals surface area contributed by atoms with E-state index in [9.17, 15) is 14.0 Å². The Morgan fingerprint density at radius 1 is 1.26 bits per heavy atom. The molecule has 1 aromatic rings. The van der Waals surface area contributed by atoms with Crippen LogP contribution in [0.15, 0.2) is 24.3 Å². The normalized spacial score (nSPS) is 13.5. The maximum Gasteiger partial charge on any atom is 0.359 e. The highest BCUT2D eigenvalue weighted by atomic mass is 19.1. The van der Waals surface area contributed by atoms with E-state index in [4.69, 9.17) is 4.74 Å². The molecule has 5 nitrogen and oxygen atoms in total. The zero-order valence-electron chi connectivity index (χ0n) is 11.0. The SMILES string of the molecule is COC(=O)C(Cc1ccc(F)cc1)(NC(C)=O)OC. The van der Waals surface area contributed by atoms with Gasteiger partial charge in [0.05, 0.1) is 7.11 Å². The third kappa shape index (κ3) is 3.75. The number of esters is 1. The number of hydrogen-bond donors (Lipinski definition) is 1. The summed E-state index contributed by atoms with van der Waals surface area (Å²) in [6.45, 7) is 1.27. The van der Waals surface area contributed by atoms with Gasteiger partial charge in [-0.2, -0.15) is 0 Å². The Morgan fingerprint density at radius 2 is 1.84 bits per heavy atom. The Morgan fingerprint density at radius 3 is 2.26 bits per heavy atom. The van der Waals surface area contributed by atoms with Crippen LogP contribution in [0.4, 0.5) is 4.39 Å². The van der Waals surface area contributed by atoms with Gasteiger partial charge in [-0.25, -0.2) is 9.18 Å². The van der Waals surface area contributed by atoms with Crippen LogP contribution in [0.3, 0.4) is 0 Å². The molecule has 1 aromatic carbocycles. The zero-order chi connectivity index (χ0) is 14.5. The third-order valence-electron chi connectivity index (χ3n) is 2.61. The summed E-state index contributed by atoms with van der Waals surface area (Å²) in [6, 6.07) is 5.54. The average Bonchev–Trinajstić information content (AvgIpc) is 2.39. The van der Waals surface area contributed by atoms with Crippen molar-refractivity contribution in [1.29, 1.82) is 0 Å². The molecule has 104 valence electrons. The summed E-state index contributed by atoms with van der Waals surface area (Å²) in [5.74, 6) is -1.55. The Hall–Kier alpha value is -1.95. The van der Waals surface area contributed by atoms with E-state index in [1.54, 1.807) is 0 Å². The van der Waals surface area contributed by atoms with Gasteiger partial charge in [0.2, 0.25) is 11.6 Å². The minimum absolute atomic E-state index is 0.0377. The number of halogens is 1. The van der Waals surface area contributed by atoms with E-state index in [1.165, 1.54) is 45.4 Å². The lowest BCUT2D eigenvalue weighted by Crippen LogP contribution is -2.57. The molecule has 0 bridgehead atoms. The summed E-state index contributed by atoms with van der Waals surface area (Å²) in [5.41, 5.74) is -0.985. The number of benzene rings is 1. The summed E-state index contributed by atoms with van der Waals surface area (Å²) < 4.78 is 22.6. The van der Waals surface area contributed by atoms with E-state index in [1.807, 2.05) is 0 Å². The largest absolute Gasteiger partial charge is 0.465 e. The minimum atomic E-state index is -1.61. The van der Waals surface area contributed by atoms with Crippen molar-refractivity contribution in [3.8, 4) is 0 Å². The van der Waals surface area contributed by atoms with Gasteiger partial charge < -0.3 is 14.8 Å². The topological polar surface area (TPSA) is 64.6 Å². The van der Waals surface area contributed by atoms with Crippen molar-refractivity contribution in [3.05, 3.63) is 35.6 Å². The fourth-order valence-electron chi connectivity index (χ4n) is 1.71. The average molecular weight is 269 g/mol. The van der Waals surface area contributed by atoms with Gasteiger partial charge in [-0.15, -0.1) is 0 Å². The standard InChI is InChI=1S/C13H16FNO4/c1-9(16)15-13(19-3,12(17)18-2)8-10-4-6-11(14)7-5-10/h4-7H,8H2,1-3H3,(H,15,16). The van der Waals surface area contributed by atoms with Gasteiger partial charge in [0, 0.05) is 20.5 Å². The molecule has 1 atom stereocenters. The fourth-order valence-corrected chi connectivity index (χ4v) is 1.71. The van der Waals surface area contributed by atoms with Crippen LogP contribution in [-0.2, 0) is 25.5 Å². The lowest BCUT2D eigenvalue weighted by molar-refractivity contribution is -0.173. The number of carbonyl (C=O) groups is 2. The van der Waals surface area contributed by atoms with Gasteiger partial charge in [0.1, 0.15) is 5.82 Å². The molecule has 0 radical (unpaired) electrons. The molecule has 0 saturated carbocycles. The molecule has 0 heterocycles. The Bertz CT molecular complexity index is 460. The van der Waals surface area contributed by atoms with Crippen LogP contribution in [0.25, 0.3) is 0 Å². The molecule has 19 heavy (non-hydrogen) atoms. The predicted molar refractivity (Wildman–Crippen MR) is 65.7 cm³/mol. The molecule has 6 heteroatoms. The first-order valence-electron chi connectivity index (χ1n) is 5.60. The monoisotopic (exact) mass is 269 g/mol. The highest BCUT2D eigenvalue weighted by molar-refractivity contribution is 5.86. The molecule has 1 amide bonds. The second-order valence-electron chi connectivity index (χ2n) is 4.01. The van der Waals surface area contributed by atoms with Gasteiger partial charge in [-0.3, -0.25) is 4.79 Å². The molecular formula is C13H16FNO4. The molecule has 0 saturated heterocycles. The van der Waals surface area contributed by atoms with E-state index in [-0.39, 0.29) is 12.2 Å². The van der Waals surface area contributed by atoms with Gasteiger partial charge in [0.15, 0.2) is 0 Å². The minimum Gasteiger partial charge on any atom is -0.465 e. The van der Waals surface area contributed by atoms with Crippen LogP contribution in [-0.4, -0.2) is 31.8 Å². The smallest absolute Gasteiger partial charge is 0.359 e. The zero-order valence-corrected chi connectivity index (χ0v) is 11.0. The van der Waals surface area contributed by atoms with Crippen molar-refractivity contribution in [2.24, 2.45) is 0 Å². The second kappa shape index (κ2) is 6.29. The highest BCUT2D eigenvalue weighted by Crippen LogP contribution is 2.17. The van der Waals surface area contributed by atoms with Gasteiger partial charge >= 0.3 is 5.97 Å². The number of ether oxygens (including phenoxy) is 2. The lowest BCUT2D eigenvalue weighted by atomic mass is 10.0. The first-order valence-corrected chi connectivity index (χ1v) is 5.60. The highest BCUT2D eigenvalue weighted by Gasteiger charge is 2.41. The first-order chi connectivity index (χ1) is 8.93. The molecule has 0 aliphatic heterocycles. The maximum absolute atomic E-state index is 12.8. The number of methoxy groups -OCH3 is 2. The Labute approximate surface area is 110 Å². The van der Waals surface area contributed by atoms with Crippen LogP contribution < -0.4 is 5.32 Å². The Balaban J connectivity index is 3.05. The number of nitrogens with one attached hydrogen (secondary N) is 1. The molecule has 1 N–H and O–H groups in total. The predicted octanol–water partition coefficient (Wildman–Crippen LogP) is 1.02. The van der Waals surface area contributed by atoms with E-state index in [0.29, 0.717) is 5.56 Å².